The molecule has 0 bridgehead atoms. The summed E-state index contributed by atoms with van der Waals surface area (Å²) >= 11 is 4.68. The topological polar surface area (TPSA) is 48.1 Å². The highest BCUT2D eigenvalue weighted by atomic mass is 32.1. The number of aryl methyl sites for hydroxylation is 1. The molecule has 1 aromatic heterocycles. The molecule has 0 aliphatic heterocycles. The van der Waals surface area contributed by atoms with Crippen molar-refractivity contribution in [3.05, 3.63) is 30.1 Å². The monoisotopic (exact) mass is 210 g/mol. The number of thiocarbonyl (C=S) groups is 1. The number of rotatable bonds is 6. The molecule has 76 valence electrons. The summed E-state index contributed by atoms with van der Waals surface area (Å²) in [5.41, 5.74) is 6.56. The summed E-state index contributed by atoms with van der Waals surface area (Å²) in [5, 5.41) is 0. The van der Waals surface area contributed by atoms with Crippen molar-refractivity contribution in [2.24, 2.45) is 5.73 Å². The van der Waals surface area contributed by atoms with Crippen molar-refractivity contribution in [3.8, 4) is 0 Å². The van der Waals surface area contributed by atoms with Gasteiger partial charge in [0.2, 0.25) is 0 Å². The lowest BCUT2D eigenvalue weighted by atomic mass is 10.1. The van der Waals surface area contributed by atoms with E-state index in [2.05, 4.69) is 17.2 Å². The molecule has 1 rings (SSSR count). The summed E-state index contributed by atoms with van der Waals surface area (Å²) in [6, 6.07) is 4.02. The van der Waals surface area contributed by atoms with E-state index < -0.39 is 0 Å². The maximum Gasteiger partial charge on any atom is 0.0989 e. The molecule has 0 aliphatic rings. The van der Waals surface area contributed by atoms with Gasteiger partial charge < -0.3 is 10.5 Å². The Morgan fingerprint density at radius 3 is 2.79 bits per heavy atom. The zero-order valence-corrected chi connectivity index (χ0v) is 8.80. The molecule has 0 fully saturated rings. The number of pyridine rings is 1. The SMILES string of the molecule is NC(=S)COCCCc1ccncc1. The molecule has 1 heterocycles. The first kappa shape index (κ1) is 11.1. The van der Waals surface area contributed by atoms with Gasteiger partial charge in [0, 0.05) is 19.0 Å². The van der Waals surface area contributed by atoms with Gasteiger partial charge in [0.05, 0.1) is 11.6 Å². The molecule has 0 aromatic carbocycles. The highest BCUT2D eigenvalue weighted by Gasteiger charge is 1.93. The molecule has 0 spiro atoms. The maximum absolute atomic E-state index is 5.28. The predicted octanol–water partition coefficient (Wildman–Crippen LogP) is 1.32. The van der Waals surface area contributed by atoms with Crippen LogP contribution in [0.5, 0.6) is 0 Å². The number of hydrogen-bond donors (Lipinski definition) is 1. The molecule has 4 heteroatoms. The van der Waals surface area contributed by atoms with E-state index >= 15 is 0 Å². The Labute approximate surface area is 89.3 Å². The van der Waals surface area contributed by atoms with E-state index in [1.807, 2.05) is 12.1 Å². The van der Waals surface area contributed by atoms with Gasteiger partial charge in [-0.3, -0.25) is 4.98 Å². The van der Waals surface area contributed by atoms with Crippen LogP contribution in [-0.4, -0.2) is 23.2 Å². The average molecular weight is 210 g/mol. The molecule has 0 atom stereocenters. The summed E-state index contributed by atoms with van der Waals surface area (Å²) in [6.07, 6.45) is 5.57. The van der Waals surface area contributed by atoms with Crippen LogP contribution in [0, 0.1) is 0 Å². The second kappa shape index (κ2) is 6.45. The molecule has 0 unspecified atom stereocenters. The van der Waals surface area contributed by atoms with Gasteiger partial charge in [-0.15, -0.1) is 0 Å². The van der Waals surface area contributed by atoms with Crippen molar-refractivity contribution in [1.82, 2.24) is 4.98 Å². The van der Waals surface area contributed by atoms with Crippen LogP contribution >= 0.6 is 12.2 Å². The number of aromatic nitrogens is 1. The van der Waals surface area contributed by atoms with Crippen molar-refractivity contribution >= 4 is 17.2 Å². The van der Waals surface area contributed by atoms with E-state index in [1.54, 1.807) is 12.4 Å². The van der Waals surface area contributed by atoms with Crippen LogP contribution in [0.3, 0.4) is 0 Å². The molecule has 0 saturated carbocycles. The van der Waals surface area contributed by atoms with Crippen LogP contribution in [0.1, 0.15) is 12.0 Å². The van der Waals surface area contributed by atoms with Crippen LogP contribution < -0.4 is 5.73 Å². The van der Waals surface area contributed by atoms with Crippen molar-refractivity contribution < 1.29 is 4.74 Å². The van der Waals surface area contributed by atoms with Crippen molar-refractivity contribution in [2.45, 2.75) is 12.8 Å². The molecule has 0 saturated heterocycles. The number of nitrogens with two attached hydrogens (primary N) is 1. The minimum absolute atomic E-state index is 0.381. The van der Waals surface area contributed by atoms with Gasteiger partial charge in [0.1, 0.15) is 0 Å². The first-order valence-electron chi connectivity index (χ1n) is 4.54. The second-order valence-corrected chi connectivity index (χ2v) is 3.50. The van der Waals surface area contributed by atoms with Crippen molar-refractivity contribution in [1.29, 1.82) is 0 Å². The Morgan fingerprint density at radius 2 is 2.14 bits per heavy atom. The molecular weight excluding hydrogens is 196 g/mol. The zero-order valence-electron chi connectivity index (χ0n) is 7.98. The quantitative estimate of drug-likeness (QED) is 0.568. The van der Waals surface area contributed by atoms with Gasteiger partial charge in [-0.05, 0) is 30.5 Å². The van der Waals surface area contributed by atoms with Gasteiger partial charge in [-0.25, -0.2) is 0 Å². The summed E-state index contributed by atoms with van der Waals surface area (Å²) in [4.78, 5) is 4.36. The second-order valence-electron chi connectivity index (χ2n) is 2.98. The van der Waals surface area contributed by atoms with E-state index in [4.69, 9.17) is 10.5 Å². The fourth-order valence-electron chi connectivity index (χ4n) is 1.10. The molecule has 0 amide bonds. The fourth-order valence-corrected chi connectivity index (χ4v) is 1.18. The van der Waals surface area contributed by atoms with Crippen molar-refractivity contribution in [3.63, 3.8) is 0 Å². The Balaban J connectivity index is 2.08. The normalized spacial score (nSPS) is 10.0. The van der Waals surface area contributed by atoms with Crippen molar-refractivity contribution in [2.75, 3.05) is 13.2 Å². The number of nitrogens with zero attached hydrogens (tertiary/aromatic N) is 1. The third-order valence-corrected chi connectivity index (χ3v) is 1.87. The molecule has 0 aliphatic carbocycles. The van der Waals surface area contributed by atoms with Crippen LogP contribution in [-0.2, 0) is 11.2 Å². The fraction of sp³-hybridized carbons (Fsp3) is 0.400. The first-order valence-corrected chi connectivity index (χ1v) is 4.95. The van der Waals surface area contributed by atoms with E-state index in [1.165, 1.54) is 5.56 Å². The zero-order chi connectivity index (χ0) is 10.2. The van der Waals surface area contributed by atoms with E-state index in [0.717, 1.165) is 12.8 Å². The standard InChI is InChI=1S/C10H14N2OS/c11-10(14)8-13-7-1-2-9-3-5-12-6-4-9/h3-6H,1-2,7-8H2,(H2,11,14). The van der Waals surface area contributed by atoms with Gasteiger partial charge in [0.25, 0.3) is 0 Å². The lowest BCUT2D eigenvalue weighted by molar-refractivity contribution is 0.169. The lowest BCUT2D eigenvalue weighted by Crippen LogP contribution is -2.16. The van der Waals surface area contributed by atoms with E-state index in [0.29, 0.717) is 18.2 Å². The molecule has 3 nitrogen and oxygen atoms in total. The minimum Gasteiger partial charge on any atom is -0.391 e. The summed E-state index contributed by atoms with van der Waals surface area (Å²) in [6.45, 7) is 1.07. The highest BCUT2D eigenvalue weighted by molar-refractivity contribution is 7.80. The van der Waals surface area contributed by atoms with E-state index in [-0.39, 0.29) is 0 Å². The third-order valence-electron chi connectivity index (χ3n) is 1.75. The Hall–Kier alpha value is -1.00. The van der Waals surface area contributed by atoms with E-state index in [9.17, 15) is 0 Å². The average Bonchev–Trinajstić information content (AvgIpc) is 2.18. The summed E-state index contributed by atoms with van der Waals surface area (Å²) in [7, 11) is 0. The summed E-state index contributed by atoms with van der Waals surface area (Å²) in [5.74, 6) is 0. The molecule has 2 N–H and O–H groups in total. The third kappa shape index (κ3) is 4.89. The van der Waals surface area contributed by atoms with Gasteiger partial charge in [0.15, 0.2) is 0 Å². The predicted molar refractivity (Wildman–Crippen MR) is 60.2 cm³/mol. The molecule has 1 aromatic rings. The highest BCUT2D eigenvalue weighted by Crippen LogP contribution is 2.00. The lowest BCUT2D eigenvalue weighted by Gasteiger charge is -2.02. The maximum atomic E-state index is 5.28. The largest absolute Gasteiger partial charge is 0.391 e. The van der Waals surface area contributed by atoms with Gasteiger partial charge in [-0.1, -0.05) is 12.2 Å². The smallest absolute Gasteiger partial charge is 0.0989 e. The van der Waals surface area contributed by atoms with Crippen LogP contribution in [0.25, 0.3) is 0 Å². The Morgan fingerprint density at radius 1 is 1.43 bits per heavy atom. The number of ether oxygens (including phenoxy) is 1. The van der Waals surface area contributed by atoms with Crippen LogP contribution in [0.4, 0.5) is 0 Å². The number of hydrogen-bond acceptors (Lipinski definition) is 3. The minimum atomic E-state index is 0.381. The van der Waals surface area contributed by atoms with Crippen LogP contribution in [0.15, 0.2) is 24.5 Å². The Bertz CT molecular complexity index is 277. The molecule has 0 radical (unpaired) electrons. The molecular formula is C10H14N2OS. The van der Waals surface area contributed by atoms with Crippen LogP contribution in [0.2, 0.25) is 0 Å². The first-order chi connectivity index (χ1) is 6.79. The molecule has 14 heavy (non-hydrogen) atoms. The Kier molecular flexibility index (Phi) is 5.11. The summed E-state index contributed by atoms with van der Waals surface area (Å²) < 4.78 is 5.23. The van der Waals surface area contributed by atoms with Gasteiger partial charge >= 0.3 is 0 Å². The van der Waals surface area contributed by atoms with Gasteiger partial charge in [-0.2, -0.15) is 0 Å².